The van der Waals surface area contributed by atoms with Crippen LogP contribution in [0.15, 0.2) is 46.9 Å². The van der Waals surface area contributed by atoms with Crippen molar-refractivity contribution in [2.24, 2.45) is 5.73 Å². The molecule has 7 nitrogen and oxygen atoms in total. The number of hydrogen-bond acceptors (Lipinski definition) is 7. The van der Waals surface area contributed by atoms with E-state index in [-0.39, 0.29) is 5.78 Å². The van der Waals surface area contributed by atoms with Crippen molar-refractivity contribution < 1.29 is 22.4 Å². The van der Waals surface area contributed by atoms with Crippen molar-refractivity contribution in [2.75, 3.05) is 13.2 Å². The number of ether oxygens (including phenoxy) is 1. The van der Waals surface area contributed by atoms with Crippen molar-refractivity contribution in [1.29, 1.82) is 4.78 Å². The lowest BCUT2D eigenvalue weighted by molar-refractivity contribution is 0.103. The fourth-order valence-corrected chi connectivity index (χ4v) is 2.74. The van der Waals surface area contributed by atoms with Crippen LogP contribution in [0.25, 0.3) is 11.0 Å². The Labute approximate surface area is 164 Å². The summed E-state index contributed by atoms with van der Waals surface area (Å²) in [6.07, 6.45) is 0.806. The molecule has 148 valence electrons. The van der Waals surface area contributed by atoms with Gasteiger partial charge >= 0.3 is 10.5 Å². The molecule has 0 aliphatic heterocycles. The van der Waals surface area contributed by atoms with E-state index in [0.29, 0.717) is 30.0 Å². The van der Waals surface area contributed by atoms with Gasteiger partial charge in [-0.1, -0.05) is 11.6 Å². The van der Waals surface area contributed by atoms with E-state index in [1.807, 2.05) is 44.2 Å². The first-order chi connectivity index (χ1) is 13.3. The number of fused-ring (bicyclic) bond motifs is 1. The fourth-order valence-electron chi connectivity index (χ4n) is 2.74. The molecule has 0 bridgehead atoms. The van der Waals surface area contributed by atoms with Crippen molar-refractivity contribution in [3.8, 4) is 5.75 Å². The maximum atomic E-state index is 12.9. The van der Waals surface area contributed by atoms with Gasteiger partial charge in [0.25, 0.3) is 0 Å². The molecule has 0 saturated heterocycles. The molecular weight excluding hydrogens is 380 g/mol. The van der Waals surface area contributed by atoms with Gasteiger partial charge in [0.2, 0.25) is 0 Å². The molecule has 28 heavy (non-hydrogen) atoms. The van der Waals surface area contributed by atoms with E-state index < -0.39 is 10.5 Å². The highest BCUT2D eigenvalue weighted by Gasteiger charge is 2.19. The zero-order valence-electron chi connectivity index (χ0n) is 15.7. The number of benzene rings is 2. The highest BCUT2D eigenvalue weighted by molar-refractivity contribution is 7.60. The van der Waals surface area contributed by atoms with Crippen molar-refractivity contribution in [2.45, 2.75) is 20.3 Å². The number of nitrogens with one attached hydrogen (secondary N) is 1. The molecule has 0 unspecified atom stereocenters. The lowest BCUT2D eigenvalue weighted by Crippen LogP contribution is -2.06. The summed E-state index contributed by atoms with van der Waals surface area (Å²) < 4.78 is 34.1. The number of aryl methyl sites for hydroxylation is 2. The topological polar surface area (TPSA) is 123 Å². The van der Waals surface area contributed by atoms with Gasteiger partial charge in [0.15, 0.2) is 5.78 Å². The number of nitrogens with two attached hydrogens (primary N) is 1. The fraction of sp³-hybridized carbons (Fsp3) is 0.250. The lowest BCUT2D eigenvalue weighted by Gasteiger charge is -2.06. The van der Waals surface area contributed by atoms with Gasteiger partial charge in [-0.25, -0.2) is 0 Å². The Morgan fingerprint density at radius 1 is 1.14 bits per heavy atom. The van der Waals surface area contributed by atoms with E-state index in [1.54, 1.807) is 12.1 Å². The van der Waals surface area contributed by atoms with Gasteiger partial charge in [0, 0.05) is 10.9 Å². The first-order valence-electron chi connectivity index (χ1n) is 8.61. The number of hydrogen-bond donors (Lipinski definition) is 2. The molecule has 0 fully saturated rings. The third kappa shape index (κ3) is 5.51. The zero-order chi connectivity index (χ0) is 20.7. The van der Waals surface area contributed by atoms with Crippen molar-refractivity contribution >= 4 is 27.3 Å². The molecule has 0 saturated carbocycles. The van der Waals surface area contributed by atoms with Crippen LogP contribution in [0.1, 0.15) is 33.7 Å². The minimum absolute atomic E-state index is 0.0367. The molecule has 1 aromatic heterocycles. The summed E-state index contributed by atoms with van der Waals surface area (Å²) in [5.41, 5.74) is 8.53. The third-order valence-electron chi connectivity index (χ3n) is 3.98. The highest BCUT2D eigenvalue weighted by atomic mass is 32.2. The van der Waals surface area contributed by atoms with Crippen LogP contribution >= 0.6 is 0 Å². The normalized spacial score (nSPS) is 10.2. The molecule has 8 heteroatoms. The molecule has 0 spiro atoms. The van der Waals surface area contributed by atoms with Crippen LogP contribution in [0, 0.1) is 18.6 Å². The second kappa shape index (κ2) is 9.82. The van der Waals surface area contributed by atoms with E-state index in [2.05, 4.69) is 0 Å². The largest absolute Gasteiger partial charge is 0.494 e. The summed E-state index contributed by atoms with van der Waals surface area (Å²) in [4.78, 5) is 12.9. The summed E-state index contributed by atoms with van der Waals surface area (Å²) in [5.74, 6) is 1.35. The van der Waals surface area contributed by atoms with Crippen LogP contribution in [0.5, 0.6) is 5.75 Å². The smallest absolute Gasteiger partial charge is 0.308 e. The SMILES string of the molecule is Cc1ccc2oc(C)c(C(=O)c3ccc(OCCCN)cc3)c2c1.N=S(=O)=O. The molecule has 0 atom stereocenters. The van der Waals surface area contributed by atoms with E-state index in [0.717, 1.165) is 28.7 Å². The maximum absolute atomic E-state index is 12.9. The standard InChI is InChI=1S/C20H21NO3.HNO2S/c1-13-4-9-18-17(12-13)19(14(2)24-18)20(22)15-5-7-16(8-6-15)23-11-3-10-21;1-4(2)3/h4-9,12H,3,10-11,21H2,1-2H3;1H. The minimum Gasteiger partial charge on any atom is -0.494 e. The van der Waals surface area contributed by atoms with E-state index in [1.165, 1.54) is 0 Å². The summed E-state index contributed by atoms with van der Waals surface area (Å²) in [6, 6.07) is 13.1. The Bertz CT molecular complexity index is 1060. The molecule has 0 radical (unpaired) electrons. The number of rotatable bonds is 6. The van der Waals surface area contributed by atoms with Gasteiger partial charge in [-0.05, 0) is 63.2 Å². The first-order valence-corrected chi connectivity index (χ1v) is 9.69. The Kier molecular flexibility index (Phi) is 7.48. The van der Waals surface area contributed by atoms with Crippen molar-refractivity contribution in [3.05, 3.63) is 64.9 Å². The second-order valence-corrected chi connectivity index (χ2v) is 6.58. The second-order valence-electron chi connectivity index (χ2n) is 6.11. The third-order valence-corrected chi connectivity index (χ3v) is 3.98. The van der Waals surface area contributed by atoms with Gasteiger partial charge in [-0.15, -0.1) is 0 Å². The molecule has 2 aromatic carbocycles. The lowest BCUT2D eigenvalue weighted by atomic mass is 9.99. The predicted molar refractivity (Wildman–Crippen MR) is 106 cm³/mol. The van der Waals surface area contributed by atoms with Gasteiger partial charge in [-0.3, -0.25) is 4.79 Å². The van der Waals surface area contributed by atoms with Gasteiger partial charge < -0.3 is 14.9 Å². The van der Waals surface area contributed by atoms with Crippen LogP contribution < -0.4 is 10.5 Å². The number of carbonyl (C=O) groups excluding carboxylic acids is 1. The molecule has 3 rings (SSSR count). The van der Waals surface area contributed by atoms with Gasteiger partial charge in [0.05, 0.1) is 12.2 Å². The molecular formula is C20H22N2O5S. The molecule has 3 N–H and O–H groups in total. The van der Waals surface area contributed by atoms with Crippen LogP contribution in [0.4, 0.5) is 0 Å². The average molecular weight is 402 g/mol. The molecule has 0 aliphatic carbocycles. The maximum Gasteiger partial charge on any atom is 0.308 e. The van der Waals surface area contributed by atoms with Crippen LogP contribution in [-0.4, -0.2) is 27.4 Å². The summed E-state index contributed by atoms with van der Waals surface area (Å²) in [6.45, 7) is 5.01. The number of furan rings is 1. The van der Waals surface area contributed by atoms with Crippen LogP contribution in [0.3, 0.4) is 0 Å². The quantitative estimate of drug-likeness (QED) is 0.479. The number of ketones is 1. The van der Waals surface area contributed by atoms with E-state index in [4.69, 9.17) is 28.1 Å². The van der Waals surface area contributed by atoms with Crippen molar-refractivity contribution in [3.63, 3.8) is 0 Å². The average Bonchev–Trinajstić information content (AvgIpc) is 2.96. The summed E-state index contributed by atoms with van der Waals surface area (Å²) >= 11 is 0. The summed E-state index contributed by atoms with van der Waals surface area (Å²) in [5, 5.41) is 0.862. The van der Waals surface area contributed by atoms with Gasteiger partial charge in [-0.2, -0.15) is 13.2 Å². The molecule has 1 heterocycles. The minimum atomic E-state index is -2.61. The monoisotopic (exact) mass is 402 g/mol. The highest BCUT2D eigenvalue weighted by Crippen LogP contribution is 2.29. The Morgan fingerprint density at radius 3 is 2.39 bits per heavy atom. The summed E-state index contributed by atoms with van der Waals surface area (Å²) in [7, 11) is -2.61. The van der Waals surface area contributed by atoms with E-state index in [9.17, 15) is 4.79 Å². The Hall–Kier alpha value is -2.97. The Morgan fingerprint density at radius 2 is 1.79 bits per heavy atom. The van der Waals surface area contributed by atoms with E-state index >= 15 is 0 Å². The van der Waals surface area contributed by atoms with Crippen molar-refractivity contribution in [1.82, 2.24) is 0 Å². The number of carbonyl (C=O) groups is 1. The molecule has 0 amide bonds. The van der Waals surface area contributed by atoms with Gasteiger partial charge in [0.1, 0.15) is 17.1 Å². The zero-order valence-corrected chi connectivity index (χ0v) is 16.5. The first kappa shape index (κ1) is 21.3. The van der Waals surface area contributed by atoms with Crippen LogP contribution in [0.2, 0.25) is 0 Å². The Balaban J connectivity index is 0.000000640. The molecule has 0 aliphatic rings. The predicted octanol–water partition coefficient (Wildman–Crippen LogP) is 3.64. The van der Waals surface area contributed by atoms with Crippen LogP contribution in [-0.2, 0) is 10.5 Å². The molecule has 3 aromatic rings.